The van der Waals surface area contributed by atoms with Gasteiger partial charge < -0.3 is 9.47 Å². The van der Waals surface area contributed by atoms with Gasteiger partial charge in [0.25, 0.3) is 0 Å². The highest BCUT2D eigenvalue weighted by molar-refractivity contribution is 6.13. The molecule has 0 aliphatic heterocycles. The lowest BCUT2D eigenvalue weighted by atomic mass is 9.89. The lowest BCUT2D eigenvalue weighted by Crippen LogP contribution is -2.49. The molecule has 0 amide bonds. The van der Waals surface area contributed by atoms with Crippen LogP contribution < -0.4 is 18.4 Å². The molecule has 0 radical (unpaired) electrons. The van der Waals surface area contributed by atoms with E-state index in [1.165, 1.54) is 32.9 Å². The van der Waals surface area contributed by atoms with Gasteiger partial charge >= 0.3 is 0 Å². The van der Waals surface area contributed by atoms with Gasteiger partial charge in [0.15, 0.2) is 22.9 Å². The van der Waals surface area contributed by atoms with Crippen molar-refractivity contribution in [2.75, 3.05) is 39.3 Å². The lowest BCUT2D eigenvalue weighted by molar-refractivity contribution is 0.269. The SMILES string of the molecule is CC[N+](CC)(CC)c1cc2ccccc2c(-c2c(OCc3ccccc3)c([N+](CC)(CC)CC)cc3ccccc23)c1OCc1ccccc1. The molecule has 0 heterocycles. The van der Waals surface area contributed by atoms with E-state index < -0.39 is 0 Å². The van der Waals surface area contributed by atoms with Gasteiger partial charge in [-0.05, 0) is 74.2 Å². The zero-order chi connectivity index (χ0) is 35.1. The van der Waals surface area contributed by atoms with Gasteiger partial charge in [0.05, 0.1) is 39.3 Å². The summed E-state index contributed by atoms with van der Waals surface area (Å²) in [6.45, 7) is 20.6. The summed E-state index contributed by atoms with van der Waals surface area (Å²) in [6.07, 6.45) is 0. The van der Waals surface area contributed by atoms with Crippen molar-refractivity contribution < 1.29 is 9.47 Å². The van der Waals surface area contributed by atoms with E-state index in [-0.39, 0.29) is 0 Å². The van der Waals surface area contributed by atoms with Crippen LogP contribution in [0.3, 0.4) is 0 Å². The van der Waals surface area contributed by atoms with Crippen molar-refractivity contribution in [2.24, 2.45) is 0 Å². The molecule has 4 nitrogen and oxygen atoms in total. The third-order valence-corrected chi connectivity index (χ3v) is 11.3. The third-order valence-electron chi connectivity index (χ3n) is 11.3. The zero-order valence-electron chi connectivity index (χ0n) is 30.9. The van der Waals surface area contributed by atoms with E-state index in [1.54, 1.807) is 0 Å². The quantitative estimate of drug-likeness (QED) is 0.102. The standard InChI is InChI=1S/C46H54N2O2/c1-7-47(8-2,9-3)41-31-37-27-19-21-29-39(37)43(45(41)49-33-35-23-15-13-16-24-35)44-40-30-22-20-28-38(40)32-42(48(10-4,11-5)12-6)46(44)50-34-36-25-17-14-18-26-36/h13-32H,7-12,33-34H2,1-6H3/q+2. The summed E-state index contributed by atoms with van der Waals surface area (Å²) in [7, 11) is 0. The van der Waals surface area contributed by atoms with Gasteiger partial charge in [0.2, 0.25) is 0 Å². The minimum Gasteiger partial charge on any atom is -0.482 e. The zero-order valence-corrected chi connectivity index (χ0v) is 30.9. The Hall–Kier alpha value is -4.64. The molecule has 0 N–H and O–H groups in total. The highest BCUT2D eigenvalue weighted by Gasteiger charge is 2.37. The fraction of sp³-hybridized carbons (Fsp3) is 0.304. The maximum atomic E-state index is 7.22. The molecule has 0 aromatic heterocycles. The van der Waals surface area contributed by atoms with Gasteiger partial charge in [0, 0.05) is 23.3 Å². The maximum absolute atomic E-state index is 7.22. The molecule has 0 aliphatic carbocycles. The van der Waals surface area contributed by atoms with Gasteiger partial charge in [0.1, 0.15) is 13.2 Å². The molecule has 0 saturated heterocycles. The van der Waals surface area contributed by atoms with Crippen molar-refractivity contribution >= 4 is 32.9 Å². The van der Waals surface area contributed by atoms with Crippen molar-refractivity contribution in [3.8, 4) is 22.6 Å². The Balaban J connectivity index is 1.79. The first-order chi connectivity index (χ1) is 24.5. The largest absolute Gasteiger partial charge is 0.482 e. The van der Waals surface area contributed by atoms with Gasteiger partial charge in [-0.15, -0.1) is 0 Å². The molecule has 0 spiro atoms. The average Bonchev–Trinajstić information content (AvgIpc) is 3.18. The molecule has 0 aliphatic rings. The van der Waals surface area contributed by atoms with E-state index in [2.05, 4.69) is 163 Å². The fourth-order valence-corrected chi connectivity index (χ4v) is 7.94. The molecule has 6 rings (SSSR count). The second kappa shape index (κ2) is 15.5. The Kier molecular flexibility index (Phi) is 10.9. The highest BCUT2D eigenvalue weighted by Crippen LogP contribution is 2.54. The second-order valence-electron chi connectivity index (χ2n) is 13.4. The Bertz CT molecular complexity index is 1860. The first-order valence-corrected chi connectivity index (χ1v) is 18.7. The molecule has 0 unspecified atom stereocenters. The molecular formula is C46H54N2O2+2. The van der Waals surface area contributed by atoms with Crippen LogP contribution >= 0.6 is 0 Å². The highest BCUT2D eigenvalue weighted by atomic mass is 16.5. The van der Waals surface area contributed by atoms with Crippen LogP contribution in [0, 0.1) is 0 Å². The van der Waals surface area contributed by atoms with Crippen molar-refractivity contribution in [2.45, 2.75) is 54.8 Å². The molecule has 4 heteroatoms. The van der Waals surface area contributed by atoms with Crippen molar-refractivity contribution in [1.29, 1.82) is 0 Å². The minimum absolute atomic E-state index is 0.479. The number of hydrogen-bond donors (Lipinski definition) is 0. The topological polar surface area (TPSA) is 18.5 Å². The van der Waals surface area contributed by atoms with Crippen molar-refractivity contribution in [1.82, 2.24) is 8.97 Å². The van der Waals surface area contributed by atoms with E-state index in [4.69, 9.17) is 9.47 Å². The van der Waals surface area contributed by atoms with E-state index in [9.17, 15) is 0 Å². The van der Waals surface area contributed by atoms with Gasteiger partial charge in [-0.2, -0.15) is 0 Å². The summed E-state index contributed by atoms with van der Waals surface area (Å²) in [6, 6.07) is 43.6. The molecule has 0 bridgehead atoms. The lowest BCUT2D eigenvalue weighted by Gasteiger charge is -2.38. The summed E-state index contributed by atoms with van der Waals surface area (Å²) in [5.41, 5.74) is 7.00. The third kappa shape index (κ3) is 6.51. The number of fused-ring (bicyclic) bond motifs is 2. The molecule has 258 valence electrons. The van der Waals surface area contributed by atoms with Crippen LogP contribution in [0.5, 0.6) is 11.5 Å². The number of rotatable bonds is 15. The molecule has 0 fully saturated rings. The summed E-state index contributed by atoms with van der Waals surface area (Å²) < 4.78 is 16.1. The van der Waals surface area contributed by atoms with Crippen LogP contribution in [0.1, 0.15) is 52.7 Å². The van der Waals surface area contributed by atoms with Crippen LogP contribution in [-0.2, 0) is 13.2 Å². The van der Waals surface area contributed by atoms with Crippen molar-refractivity contribution in [3.05, 3.63) is 132 Å². The average molecular weight is 667 g/mol. The molecule has 50 heavy (non-hydrogen) atoms. The molecule has 0 saturated carbocycles. The first kappa shape index (κ1) is 35.2. The molecule has 6 aromatic carbocycles. The Morgan fingerprint density at radius 3 is 1.06 bits per heavy atom. The van der Waals surface area contributed by atoms with Crippen LogP contribution in [0.25, 0.3) is 32.7 Å². The monoisotopic (exact) mass is 666 g/mol. The number of nitrogens with zero attached hydrogens (tertiary/aromatic N) is 2. The van der Waals surface area contributed by atoms with Gasteiger partial charge in [-0.3, -0.25) is 8.97 Å². The van der Waals surface area contributed by atoms with Crippen LogP contribution in [0.4, 0.5) is 11.4 Å². The first-order valence-electron chi connectivity index (χ1n) is 18.7. The normalized spacial score (nSPS) is 12.0. The van der Waals surface area contributed by atoms with E-state index >= 15 is 0 Å². The number of hydrogen-bond acceptors (Lipinski definition) is 2. The Morgan fingerprint density at radius 2 is 0.720 bits per heavy atom. The summed E-state index contributed by atoms with van der Waals surface area (Å²) in [5, 5.41) is 4.78. The summed E-state index contributed by atoms with van der Waals surface area (Å²) in [5.74, 6) is 1.90. The predicted molar refractivity (Wildman–Crippen MR) is 215 cm³/mol. The fourth-order valence-electron chi connectivity index (χ4n) is 7.94. The number of benzene rings is 6. The van der Waals surface area contributed by atoms with Crippen LogP contribution in [0.2, 0.25) is 0 Å². The Labute approximate surface area is 299 Å². The second-order valence-corrected chi connectivity index (χ2v) is 13.4. The maximum Gasteiger partial charge on any atom is 0.189 e. The molecular weight excluding hydrogens is 613 g/mol. The summed E-state index contributed by atoms with van der Waals surface area (Å²) >= 11 is 0. The van der Waals surface area contributed by atoms with Crippen molar-refractivity contribution in [3.63, 3.8) is 0 Å². The smallest absolute Gasteiger partial charge is 0.189 e. The van der Waals surface area contributed by atoms with Crippen LogP contribution in [-0.4, -0.2) is 39.3 Å². The van der Waals surface area contributed by atoms with Gasteiger partial charge in [-0.1, -0.05) is 109 Å². The van der Waals surface area contributed by atoms with E-state index in [0.29, 0.717) is 13.2 Å². The van der Waals surface area contributed by atoms with Gasteiger partial charge in [-0.25, -0.2) is 0 Å². The number of ether oxygens (including phenoxy) is 2. The molecule has 0 atom stereocenters. The Morgan fingerprint density at radius 1 is 0.400 bits per heavy atom. The minimum atomic E-state index is 0.479. The molecule has 6 aromatic rings. The van der Waals surface area contributed by atoms with E-state index in [1.807, 2.05) is 0 Å². The number of quaternary nitrogens is 2. The van der Waals surface area contributed by atoms with Crippen LogP contribution in [0.15, 0.2) is 121 Å². The van der Waals surface area contributed by atoms with E-state index in [0.717, 1.165) is 82.0 Å². The summed E-state index contributed by atoms with van der Waals surface area (Å²) in [4.78, 5) is 0. The predicted octanol–water partition coefficient (Wildman–Crippen LogP) is 11.6.